The summed E-state index contributed by atoms with van der Waals surface area (Å²) in [4.78, 5) is 13.8. The van der Waals surface area contributed by atoms with E-state index >= 15 is 0 Å². The summed E-state index contributed by atoms with van der Waals surface area (Å²) in [5.41, 5.74) is -0.0185. The standard InChI is InChI=1S/C10H12N4O2/c11-6-2-1-3-7-12-10-5-4-9(8-13-10)14(15)16/h4-5,8H,1-3,7H2,(H,12,13). The molecule has 0 amide bonds. The van der Waals surface area contributed by atoms with Crippen molar-refractivity contribution in [2.45, 2.75) is 19.3 Å². The van der Waals surface area contributed by atoms with E-state index in [1.54, 1.807) is 6.07 Å². The lowest BCUT2D eigenvalue weighted by atomic mass is 10.2. The van der Waals surface area contributed by atoms with Gasteiger partial charge in [0.15, 0.2) is 0 Å². The van der Waals surface area contributed by atoms with Crippen LogP contribution in [0.2, 0.25) is 0 Å². The van der Waals surface area contributed by atoms with Gasteiger partial charge in [-0.1, -0.05) is 0 Å². The lowest BCUT2D eigenvalue weighted by Crippen LogP contribution is -2.03. The van der Waals surface area contributed by atoms with Gasteiger partial charge in [-0.25, -0.2) is 4.98 Å². The van der Waals surface area contributed by atoms with E-state index in [2.05, 4.69) is 16.4 Å². The van der Waals surface area contributed by atoms with E-state index in [4.69, 9.17) is 5.26 Å². The SMILES string of the molecule is N#CCCCCNc1ccc([N+](=O)[O-])cn1. The van der Waals surface area contributed by atoms with Crippen LogP contribution in [0, 0.1) is 21.4 Å². The van der Waals surface area contributed by atoms with Crippen LogP contribution >= 0.6 is 0 Å². The summed E-state index contributed by atoms with van der Waals surface area (Å²) in [5.74, 6) is 0.613. The van der Waals surface area contributed by atoms with Crippen LogP contribution in [-0.2, 0) is 0 Å². The highest BCUT2D eigenvalue weighted by Crippen LogP contribution is 2.11. The maximum absolute atomic E-state index is 10.4. The molecule has 16 heavy (non-hydrogen) atoms. The van der Waals surface area contributed by atoms with E-state index < -0.39 is 4.92 Å². The number of nitrogens with zero attached hydrogens (tertiary/aromatic N) is 3. The molecule has 0 unspecified atom stereocenters. The number of pyridine rings is 1. The van der Waals surface area contributed by atoms with Gasteiger partial charge in [0.25, 0.3) is 5.69 Å². The first-order valence-corrected chi connectivity index (χ1v) is 4.95. The quantitative estimate of drug-likeness (QED) is 0.450. The first kappa shape index (κ1) is 11.9. The highest BCUT2D eigenvalue weighted by Gasteiger charge is 2.04. The number of hydrogen-bond donors (Lipinski definition) is 1. The van der Waals surface area contributed by atoms with Gasteiger partial charge in [0, 0.05) is 19.0 Å². The molecule has 6 heteroatoms. The second-order valence-electron chi connectivity index (χ2n) is 3.20. The van der Waals surface area contributed by atoms with E-state index in [1.807, 2.05) is 0 Å². The van der Waals surface area contributed by atoms with Crippen LogP contribution in [0.3, 0.4) is 0 Å². The summed E-state index contributed by atoms with van der Waals surface area (Å²) in [6.45, 7) is 0.715. The average molecular weight is 220 g/mol. The molecule has 0 spiro atoms. The predicted octanol–water partition coefficient (Wildman–Crippen LogP) is 2.10. The van der Waals surface area contributed by atoms with Crippen molar-refractivity contribution in [2.24, 2.45) is 0 Å². The van der Waals surface area contributed by atoms with Gasteiger partial charge in [-0.3, -0.25) is 10.1 Å². The molecule has 1 N–H and O–H groups in total. The topological polar surface area (TPSA) is 91.8 Å². The number of hydrogen-bond acceptors (Lipinski definition) is 5. The summed E-state index contributed by atoms with van der Waals surface area (Å²) in [6.07, 6.45) is 3.50. The predicted molar refractivity (Wildman–Crippen MR) is 58.8 cm³/mol. The summed E-state index contributed by atoms with van der Waals surface area (Å²) in [5, 5.41) is 21.7. The van der Waals surface area contributed by atoms with Gasteiger partial charge < -0.3 is 5.32 Å². The molecule has 0 saturated heterocycles. The molecule has 0 aromatic carbocycles. The molecule has 0 radical (unpaired) electrons. The van der Waals surface area contributed by atoms with Crippen molar-refractivity contribution >= 4 is 11.5 Å². The molecule has 0 aliphatic heterocycles. The van der Waals surface area contributed by atoms with Crippen LogP contribution in [0.15, 0.2) is 18.3 Å². The molecule has 1 aromatic rings. The van der Waals surface area contributed by atoms with E-state index in [-0.39, 0.29) is 5.69 Å². The zero-order valence-corrected chi connectivity index (χ0v) is 8.72. The van der Waals surface area contributed by atoms with Crippen molar-refractivity contribution < 1.29 is 4.92 Å². The maximum Gasteiger partial charge on any atom is 0.287 e. The monoisotopic (exact) mass is 220 g/mol. The Morgan fingerprint density at radius 1 is 1.50 bits per heavy atom. The molecule has 1 heterocycles. The summed E-state index contributed by atoms with van der Waals surface area (Å²) in [6, 6.07) is 5.05. The zero-order valence-electron chi connectivity index (χ0n) is 8.72. The molecule has 84 valence electrons. The van der Waals surface area contributed by atoms with Gasteiger partial charge >= 0.3 is 0 Å². The third-order valence-corrected chi connectivity index (χ3v) is 1.98. The van der Waals surface area contributed by atoms with E-state index in [9.17, 15) is 10.1 Å². The molecular formula is C10H12N4O2. The summed E-state index contributed by atoms with van der Waals surface area (Å²) >= 11 is 0. The summed E-state index contributed by atoms with van der Waals surface area (Å²) in [7, 11) is 0. The third kappa shape index (κ3) is 3.92. The van der Waals surface area contributed by atoms with Crippen LogP contribution in [-0.4, -0.2) is 16.5 Å². The first-order valence-electron chi connectivity index (χ1n) is 4.95. The number of nitrogens with one attached hydrogen (secondary N) is 1. The van der Waals surface area contributed by atoms with E-state index in [0.717, 1.165) is 12.8 Å². The molecular weight excluding hydrogens is 208 g/mol. The molecule has 0 bridgehead atoms. The molecule has 0 atom stereocenters. The Balaban J connectivity index is 2.33. The first-order chi connectivity index (χ1) is 7.74. The van der Waals surface area contributed by atoms with Crippen molar-refractivity contribution in [1.29, 1.82) is 5.26 Å². The Kier molecular flexibility index (Phi) is 4.73. The second-order valence-corrected chi connectivity index (χ2v) is 3.20. The van der Waals surface area contributed by atoms with Gasteiger partial charge in [0.2, 0.25) is 0 Å². The smallest absolute Gasteiger partial charge is 0.287 e. The number of anilines is 1. The Hall–Kier alpha value is -2.16. The Morgan fingerprint density at radius 2 is 2.31 bits per heavy atom. The second kappa shape index (κ2) is 6.35. The van der Waals surface area contributed by atoms with E-state index in [1.165, 1.54) is 12.3 Å². The van der Waals surface area contributed by atoms with Crippen molar-refractivity contribution in [2.75, 3.05) is 11.9 Å². The van der Waals surface area contributed by atoms with Gasteiger partial charge in [-0.15, -0.1) is 0 Å². The third-order valence-electron chi connectivity index (χ3n) is 1.98. The Bertz CT molecular complexity index is 383. The number of aromatic nitrogens is 1. The van der Waals surface area contributed by atoms with Crippen molar-refractivity contribution in [1.82, 2.24) is 4.98 Å². The van der Waals surface area contributed by atoms with Crippen LogP contribution < -0.4 is 5.32 Å². The van der Waals surface area contributed by atoms with Crippen molar-refractivity contribution in [3.8, 4) is 6.07 Å². The van der Waals surface area contributed by atoms with Crippen LogP contribution in [0.25, 0.3) is 0 Å². The van der Waals surface area contributed by atoms with Crippen molar-refractivity contribution in [3.63, 3.8) is 0 Å². The fraction of sp³-hybridized carbons (Fsp3) is 0.400. The van der Waals surface area contributed by atoms with Crippen LogP contribution in [0.1, 0.15) is 19.3 Å². The number of unbranched alkanes of at least 4 members (excludes halogenated alkanes) is 2. The normalized spacial score (nSPS) is 9.44. The Morgan fingerprint density at radius 3 is 2.88 bits per heavy atom. The zero-order chi connectivity index (χ0) is 11.8. The fourth-order valence-corrected chi connectivity index (χ4v) is 1.14. The largest absolute Gasteiger partial charge is 0.370 e. The highest BCUT2D eigenvalue weighted by atomic mass is 16.6. The van der Waals surface area contributed by atoms with Gasteiger partial charge in [-0.05, 0) is 18.9 Å². The van der Waals surface area contributed by atoms with E-state index in [0.29, 0.717) is 18.8 Å². The number of rotatable bonds is 6. The molecule has 0 saturated carbocycles. The molecule has 6 nitrogen and oxygen atoms in total. The Labute approximate surface area is 93.1 Å². The van der Waals surface area contributed by atoms with Gasteiger partial charge in [0.1, 0.15) is 12.0 Å². The highest BCUT2D eigenvalue weighted by molar-refractivity contribution is 5.39. The number of nitro groups is 1. The molecule has 0 fully saturated rings. The molecule has 0 aliphatic carbocycles. The van der Waals surface area contributed by atoms with Crippen LogP contribution in [0.5, 0.6) is 0 Å². The number of nitriles is 1. The van der Waals surface area contributed by atoms with Gasteiger partial charge in [0.05, 0.1) is 11.0 Å². The fourth-order valence-electron chi connectivity index (χ4n) is 1.14. The maximum atomic E-state index is 10.4. The minimum atomic E-state index is -0.482. The molecule has 0 aliphatic rings. The average Bonchev–Trinajstić information content (AvgIpc) is 2.29. The van der Waals surface area contributed by atoms with Crippen molar-refractivity contribution in [3.05, 3.63) is 28.4 Å². The lowest BCUT2D eigenvalue weighted by Gasteiger charge is -2.03. The van der Waals surface area contributed by atoms with Gasteiger partial charge in [-0.2, -0.15) is 5.26 Å². The summed E-state index contributed by atoms with van der Waals surface area (Å²) < 4.78 is 0. The minimum absolute atomic E-state index is 0.0185. The molecule has 1 rings (SSSR count). The van der Waals surface area contributed by atoms with Crippen LogP contribution in [0.4, 0.5) is 11.5 Å². The minimum Gasteiger partial charge on any atom is -0.370 e. The molecule has 1 aromatic heterocycles. The lowest BCUT2D eigenvalue weighted by molar-refractivity contribution is -0.385.